The molecule has 0 bridgehead atoms. The standard InChI is InChI=1S/C24H29N3O3/c1-3-5-13-26(24(28)18-11-12-21-22(15-18)30-17-29-21)16-23-25-19-9-7-8-10-20(19)27(23)14-6-4-2/h7-12,15H,3-6,13-14,16-17H2,1-2H3. The number of benzene rings is 2. The quantitative estimate of drug-likeness (QED) is 0.500. The number of nitrogens with zero attached hydrogens (tertiary/aromatic N) is 3. The topological polar surface area (TPSA) is 56.6 Å². The van der Waals surface area contributed by atoms with E-state index in [1.54, 1.807) is 6.07 Å². The summed E-state index contributed by atoms with van der Waals surface area (Å²) < 4.78 is 13.1. The number of imidazole rings is 1. The molecule has 0 saturated heterocycles. The molecule has 6 nitrogen and oxygen atoms in total. The Kier molecular flexibility index (Phi) is 6.21. The van der Waals surface area contributed by atoms with Gasteiger partial charge < -0.3 is 18.9 Å². The summed E-state index contributed by atoms with van der Waals surface area (Å²) in [6, 6.07) is 13.6. The van der Waals surface area contributed by atoms with Gasteiger partial charge >= 0.3 is 0 Å². The van der Waals surface area contributed by atoms with Crippen molar-refractivity contribution >= 4 is 16.9 Å². The third-order valence-corrected chi connectivity index (χ3v) is 5.49. The Hall–Kier alpha value is -3.02. The van der Waals surface area contributed by atoms with Gasteiger partial charge in [-0.3, -0.25) is 4.79 Å². The lowest BCUT2D eigenvalue weighted by molar-refractivity contribution is 0.0734. The zero-order chi connectivity index (χ0) is 20.9. The number of aryl methyl sites for hydroxylation is 1. The Bertz CT molecular complexity index is 1030. The number of hydrogen-bond acceptors (Lipinski definition) is 4. The molecule has 30 heavy (non-hydrogen) atoms. The monoisotopic (exact) mass is 407 g/mol. The molecular weight excluding hydrogens is 378 g/mol. The van der Waals surface area contributed by atoms with Gasteiger partial charge in [-0.1, -0.05) is 38.8 Å². The Morgan fingerprint density at radius 1 is 1.07 bits per heavy atom. The molecule has 158 valence electrons. The molecule has 3 aromatic rings. The van der Waals surface area contributed by atoms with Crippen LogP contribution >= 0.6 is 0 Å². The molecule has 0 N–H and O–H groups in total. The van der Waals surface area contributed by atoms with E-state index < -0.39 is 0 Å². The molecule has 2 heterocycles. The Morgan fingerprint density at radius 2 is 1.87 bits per heavy atom. The summed E-state index contributed by atoms with van der Waals surface area (Å²) in [5.74, 6) is 2.25. The van der Waals surface area contributed by atoms with Gasteiger partial charge in [-0.05, 0) is 43.2 Å². The molecule has 0 spiro atoms. The largest absolute Gasteiger partial charge is 0.454 e. The van der Waals surface area contributed by atoms with Crippen LogP contribution in [0, 0.1) is 0 Å². The number of hydrogen-bond donors (Lipinski definition) is 0. The third kappa shape index (κ3) is 4.13. The van der Waals surface area contributed by atoms with Crippen molar-refractivity contribution in [2.24, 2.45) is 0 Å². The Labute approximate surface area is 177 Å². The fourth-order valence-electron chi connectivity index (χ4n) is 3.80. The van der Waals surface area contributed by atoms with Crippen LogP contribution in [-0.4, -0.2) is 33.7 Å². The highest BCUT2D eigenvalue weighted by Gasteiger charge is 2.22. The first-order valence-electron chi connectivity index (χ1n) is 10.8. The highest BCUT2D eigenvalue weighted by molar-refractivity contribution is 5.95. The maximum absolute atomic E-state index is 13.4. The third-order valence-electron chi connectivity index (χ3n) is 5.49. The highest BCUT2D eigenvalue weighted by atomic mass is 16.7. The van der Waals surface area contributed by atoms with E-state index >= 15 is 0 Å². The zero-order valence-electron chi connectivity index (χ0n) is 17.8. The lowest BCUT2D eigenvalue weighted by Gasteiger charge is -2.23. The Balaban J connectivity index is 1.64. The number of para-hydroxylation sites is 2. The number of amides is 1. The predicted octanol–water partition coefficient (Wildman–Crippen LogP) is 5.01. The van der Waals surface area contributed by atoms with Gasteiger partial charge in [-0.2, -0.15) is 0 Å². The van der Waals surface area contributed by atoms with Crippen molar-refractivity contribution in [3.05, 3.63) is 53.9 Å². The van der Waals surface area contributed by atoms with E-state index in [9.17, 15) is 4.79 Å². The van der Waals surface area contributed by atoms with Crippen molar-refractivity contribution in [1.82, 2.24) is 14.5 Å². The fraction of sp³-hybridized carbons (Fsp3) is 0.417. The number of aromatic nitrogens is 2. The first-order valence-corrected chi connectivity index (χ1v) is 10.8. The number of rotatable bonds is 9. The number of fused-ring (bicyclic) bond motifs is 2. The SMILES string of the molecule is CCCCN(Cc1nc2ccccc2n1CCCC)C(=O)c1ccc2c(c1)OCO2. The summed E-state index contributed by atoms with van der Waals surface area (Å²) in [5, 5.41) is 0. The average molecular weight is 408 g/mol. The van der Waals surface area contributed by atoms with Gasteiger partial charge in [0.1, 0.15) is 5.82 Å². The van der Waals surface area contributed by atoms with E-state index in [4.69, 9.17) is 14.5 Å². The van der Waals surface area contributed by atoms with Gasteiger partial charge in [0, 0.05) is 18.7 Å². The predicted molar refractivity (Wildman–Crippen MR) is 117 cm³/mol. The van der Waals surface area contributed by atoms with E-state index in [2.05, 4.69) is 24.5 Å². The summed E-state index contributed by atoms with van der Waals surface area (Å²) in [7, 11) is 0. The minimum Gasteiger partial charge on any atom is -0.454 e. The van der Waals surface area contributed by atoms with Gasteiger partial charge in [0.25, 0.3) is 5.91 Å². The van der Waals surface area contributed by atoms with E-state index in [1.165, 1.54) is 0 Å². The van der Waals surface area contributed by atoms with Crippen molar-refractivity contribution in [2.45, 2.75) is 52.6 Å². The van der Waals surface area contributed by atoms with Crippen LogP contribution in [0.3, 0.4) is 0 Å². The molecule has 4 rings (SSSR count). The molecular formula is C24H29N3O3. The molecule has 0 radical (unpaired) electrons. The lowest BCUT2D eigenvalue weighted by atomic mass is 10.1. The number of ether oxygens (including phenoxy) is 2. The van der Waals surface area contributed by atoms with Crippen molar-refractivity contribution in [3.63, 3.8) is 0 Å². The first-order chi connectivity index (χ1) is 14.7. The maximum Gasteiger partial charge on any atom is 0.254 e. The van der Waals surface area contributed by atoms with Crippen LogP contribution in [0.5, 0.6) is 11.5 Å². The van der Waals surface area contributed by atoms with Gasteiger partial charge in [0.15, 0.2) is 11.5 Å². The number of carbonyl (C=O) groups excluding carboxylic acids is 1. The molecule has 1 aliphatic heterocycles. The van der Waals surface area contributed by atoms with E-state index in [0.717, 1.165) is 49.1 Å². The second-order valence-electron chi connectivity index (χ2n) is 7.67. The van der Waals surface area contributed by atoms with Crippen LogP contribution in [0.15, 0.2) is 42.5 Å². The summed E-state index contributed by atoms with van der Waals surface area (Å²) in [6.45, 7) is 6.63. The van der Waals surface area contributed by atoms with Crippen molar-refractivity contribution in [1.29, 1.82) is 0 Å². The normalized spacial score (nSPS) is 12.5. The van der Waals surface area contributed by atoms with Crippen LogP contribution in [0.2, 0.25) is 0 Å². The molecule has 0 fully saturated rings. The lowest BCUT2D eigenvalue weighted by Crippen LogP contribution is -2.32. The molecule has 2 aromatic carbocycles. The smallest absolute Gasteiger partial charge is 0.254 e. The number of unbranched alkanes of at least 4 members (excludes halogenated alkanes) is 2. The van der Waals surface area contributed by atoms with E-state index in [1.807, 2.05) is 35.2 Å². The molecule has 6 heteroatoms. The van der Waals surface area contributed by atoms with Gasteiger partial charge in [-0.25, -0.2) is 4.98 Å². The van der Waals surface area contributed by atoms with Crippen LogP contribution in [0.25, 0.3) is 11.0 Å². The summed E-state index contributed by atoms with van der Waals surface area (Å²) in [5.41, 5.74) is 2.73. The minimum absolute atomic E-state index is 0.00384. The Morgan fingerprint density at radius 3 is 2.70 bits per heavy atom. The van der Waals surface area contributed by atoms with Crippen molar-refractivity contribution < 1.29 is 14.3 Å². The van der Waals surface area contributed by atoms with Gasteiger partial charge in [0.2, 0.25) is 6.79 Å². The molecule has 0 saturated carbocycles. The summed E-state index contributed by atoms with van der Waals surface area (Å²) in [6.07, 6.45) is 4.17. The second-order valence-corrected chi connectivity index (χ2v) is 7.67. The van der Waals surface area contributed by atoms with E-state index in [-0.39, 0.29) is 12.7 Å². The summed E-state index contributed by atoms with van der Waals surface area (Å²) >= 11 is 0. The summed E-state index contributed by atoms with van der Waals surface area (Å²) in [4.78, 5) is 20.2. The van der Waals surface area contributed by atoms with Gasteiger partial charge in [-0.15, -0.1) is 0 Å². The first kappa shape index (κ1) is 20.3. The van der Waals surface area contributed by atoms with Crippen LogP contribution in [0.1, 0.15) is 55.7 Å². The molecule has 0 atom stereocenters. The zero-order valence-corrected chi connectivity index (χ0v) is 17.8. The molecule has 1 aromatic heterocycles. The second kappa shape index (κ2) is 9.20. The number of carbonyl (C=O) groups is 1. The average Bonchev–Trinajstić information content (AvgIpc) is 3.38. The molecule has 1 aliphatic rings. The fourth-order valence-corrected chi connectivity index (χ4v) is 3.80. The van der Waals surface area contributed by atoms with Gasteiger partial charge in [0.05, 0.1) is 17.6 Å². The highest BCUT2D eigenvalue weighted by Crippen LogP contribution is 2.33. The minimum atomic E-state index is -0.00384. The van der Waals surface area contributed by atoms with Crippen molar-refractivity contribution in [3.8, 4) is 11.5 Å². The van der Waals surface area contributed by atoms with Crippen molar-refractivity contribution in [2.75, 3.05) is 13.3 Å². The molecule has 1 amide bonds. The molecule has 0 unspecified atom stereocenters. The van der Waals surface area contributed by atoms with Crippen LogP contribution in [-0.2, 0) is 13.1 Å². The van der Waals surface area contributed by atoms with Crippen LogP contribution in [0.4, 0.5) is 0 Å². The maximum atomic E-state index is 13.4. The van der Waals surface area contributed by atoms with Crippen LogP contribution < -0.4 is 9.47 Å². The molecule has 0 aliphatic carbocycles. The van der Waals surface area contributed by atoms with E-state index in [0.29, 0.717) is 30.2 Å².